The second-order valence-corrected chi connectivity index (χ2v) is 6.34. The molecule has 2 rings (SSSR count). The first-order valence-corrected chi connectivity index (χ1v) is 8.62. The zero-order valence-electron chi connectivity index (χ0n) is 14.2. The standard InChI is InChI=1S/C18H25F3N2O2/c19-18(20,21)14-25-12-4-9-23-10-7-16(8-11-23)17(24)22-13-15-5-2-1-3-6-15/h1-3,5-6,16H,4,7-14H2,(H,22,24). The van der Waals surface area contributed by atoms with Gasteiger partial charge in [-0.3, -0.25) is 4.79 Å². The average molecular weight is 358 g/mol. The molecule has 1 saturated heterocycles. The van der Waals surface area contributed by atoms with Gasteiger partial charge in [-0.25, -0.2) is 0 Å². The maximum atomic E-state index is 12.2. The first-order chi connectivity index (χ1) is 11.9. The highest BCUT2D eigenvalue weighted by atomic mass is 19.4. The van der Waals surface area contributed by atoms with Gasteiger partial charge in [-0.15, -0.1) is 0 Å². The Morgan fingerprint density at radius 2 is 1.88 bits per heavy atom. The van der Waals surface area contributed by atoms with Crippen molar-refractivity contribution >= 4 is 5.91 Å². The van der Waals surface area contributed by atoms with E-state index in [1.54, 1.807) is 0 Å². The number of hydrogen-bond donors (Lipinski definition) is 1. The lowest BCUT2D eigenvalue weighted by Crippen LogP contribution is -2.40. The zero-order valence-corrected chi connectivity index (χ0v) is 14.2. The molecule has 1 aliphatic rings. The molecule has 25 heavy (non-hydrogen) atoms. The van der Waals surface area contributed by atoms with Crippen LogP contribution >= 0.6 is 0 Å². The maximum Gasteiger partial charge on any atom is 0.411 e. The molecule has 0 unspecified atom stereocenters. The van der Waals surface area contributed by atoms with E-state index in [0.29, 0.717) is 19.5 Å². The van der Waals surface area contributed by atoms with Crippen molar-refractivity contribution in [3.63, 3.8) is 0 Å². The topological polar surface area (TPSA) is 41.6 Å². The van der Waals surface area contributed by atoms with E-state index in [1.807, 2.05) is 30.3 Å². The van der Waals surface area contributed by atoms with Crippen molar-refractivity contribution in [3.8, 4) is 0 Å². The third-order valence-corrected chi connectivity index (χ3v) is 4.30. The second kappa shape index (κ2) is 9.77. The van der Waals surface area contributed by atoms with Crippen molar-refractivity contribution in [2.75, 3.05) is 32.8 Å². The Labute approximate surface area is 146 Å². The molecule has 0 spiro atoms. The highest BCUT2D eigenvalue weighted by molar-refractivity contribution is 5.78. The Bertz CT molecular complexity index is 515. The fraction of sp³-hybridized carbons (Fsp3) is 0.611. The molecule has 1 aromatic rings. The van der Waals surface area contributed by atoms with Crippen LogP contribution in [0.2, 0.25) is 0 Å². The van der Waals surface area contributed by atoms with Crippen LogP contribution in [-0.2, 0) is 16.1 Å². The monoisotopic (exact) mass is 358 g/mol. The number of ether oxygens (including phenoxy) is 1. The summed E-state index contributed by atoms with van der Waals surface area (Å²) in [5.41, 5.74) is 1.08. The van der Waals surface area contributed by atoms with Gasteiger partial charge in [0, 0.05) is 25.6 Å². The number of nitrogens with zero attached hydrogens (tertiary/aromatic N) is 1. The van der Waals surface area contributed by atoms with Gasteiger partial charge in [-0.1, -0.05) is 30.3 Å². The lowest BCUT2D eigenvalue weighted by Gasteiger charge is -2.31. The van der Waals surface area contributed by atoms with Gasteiger partial charge in [-0.2, -0.15) is 13.2 Å². The quantitative estimate of drug-likeness (QED) is 0.727. The SMILES string of the molecule is O=C(NCc1ccccc1)C1CCN(CCCOCC(F)(F)F)CC1. The fourth-order valence-corrected chi connectivity index (χ4v) is 2.93. The number of alkyl halides is 3. The molecule has 1 N–H and O–H groups in total. The lowest BCUT2D eigenvalue weighted by molar-refractivity contribution is -0.174. The Hall–Kier alpha value is -1.60. The number of amides is 1. The van der Waals surface area contributed by atoms with Crippen molar-refractivity contribution in [1.82, 2.24) is 10.2 Å². The second-order valence-electron chi connectivity index (χ2n) is 6.34. The molecule has 0 aliphatic carbocycles. The molecule has 1 fully saturated rings. The summed E-state index contributed by atoms with van der Waals surface area (Å²) in [5.74, 6) is 0.0958. The van der Waals surface area contributed by atoms with Crippen LogP contribution < -0.4 is 5.32 Å². The van der Waals surface area contributed by atoms with Crippen molar-refractivity contribution in [3.05, 3.63) is 35.9 Å². The molecule has 1 heterocycles. The van der Waals surface area contributed by atoms with Gasteiger partial charge in [0.15, 0.2) is 0 Å². The van der Waals surface area contributed by atoms with E-state index in [-0.39, 0.29) is 18.4 Å². The van der Waals surface area contributed by atoms with Crippen molar-refractivity contribution in [2.45, 2.75) is 32.0 Å². The molecule has 1 aliphatic heterocycles. The van der Waals surface area contributed by atoms with Crippen molar-refractivity contribution in [2.24, 2.45) is 5.92 Å². The van der Waals surface area contributed by atoms with E-state index >= 15 is 0 Å². The summed E-state index contributed by atoms with van der Waals surface area (Å²) in [4.78, 5) is 14.4. The lowest BCUT2D eigenvalue weighted by atomic mass is 9.95. The Morgan fingerprint density at radius 3 is 2.52 bits per heavy atom. The molecule has 0 radical (unpaired) electrons. The number of piperidine rings is 1. The van der Waals surface area contributed by atoms with E-state index in [0.717, 1.165) is 31.5 Å². The first kappa shape index (κ1) is 19.7. The Morgan fingerprint density at radius 1 is 1.20 bits per heavy atom. The minimum atomic E-state index is -4.26. The summed E-state index contributed by atoms with van der Waals surface area (Å²) in [6, 6.07) is 9.78. The zero-order chi connectivity index (χ0) is 18.1. The van der Waals surface area contributed by atoms with Crippen LogP contribution in [0.25, 0.3) is 0 Å². The van der Waals surface area contributed by atoms with E-state index in [9.17, 15) is 18.0 Å². The largest absolute Gasteiger partial charge is 0.411 e. The van der Waals surface area contributed by atoms with E-state index in [2.05, 4.69) is 15.0 Å². The number of likely N-dealkylation sites (tertiary alicyclic amines) is 1. The van der Waals surface area contributed by atoms with Crippen LogP contribution in [0, 0.1) is 5.92 Å². The van der Waals surface area contributed by atoms with Gasteiger partial charge in [0.2, 0.25) is 5.91 Å². The Balaban J connectivity index is 1.57. The number of benzene rings is 1. The van der Waals surface area contributed by atoms with Gasteiger partial charge >= 0.3 is 6.18 Å². The fourth-order valence-electron chi connectivity index (χ4n) is 2.93. The average Bonchev–Trinajstić information content (AvgIpc) is 2.60. The predicted octanol–water partition coefficient (Wildman–Crippen LogP) is 2.98. The molecular formula is C18H25F3N2O2. The number of carbonyl (C=O) groups excluding carboxylic acids is 1. The highest BCUT2D eigenvalue weighted by Gasteiger charge is 2.27. The van der Waals surface area contributed by atoms with Crippen LogP contribution in [0.1, 0.15) is 24.8 Å². The summed E-state index contributed by atoms with van der Waals surface area (Å²) in [5, 5.41) is 2.97. The van der Waals surface area contributed by atoms with E-state index in [4.69, 9.17) is 0 Å². The molecule has 4 nitrogen and oxygen atoms in total. The number of hydrogen-bond acceptors (Lipinski definition) is 3. The molecular weight excluding hydrogens is 333 g/mol. The number of halogens is 3. The van der Waals surface area contributed by atoms with Gasteiger partial charge in [0.25, 0.3) is 0 Å². The van der Waals surface area contributed by atoms with Crippen LogP contribution in [0.3, 0.4) is 0 Å². The van der Waals surface area contributed by atoms with Gasteiger partial charge in [0.1, 0.15) is 6.61 Å². The van der Waals surface area contributed by atoms with Crippen LogP contribution in [0.5, 0.6) is 0 Å². The van der Waals surface area contributed by atoms with Gasteiger partial charge in [-0.05, 0) is 37.9 Å². The highest BCUT2D eigenvalue weighted by Crippen LogP contribution is 2.18. The molecule has 7 heteroatoms. The molecule has 0 atom stereocenters. The molecule has 0 bridgehead atoms. The minimum absolute atomic E-state index is 0.0152. The number of carbonyl (C=O) groups is 1. The smallest absolute Gasteiger partial charge is 0.372 e. The predicted molar refractivity (Wildman–Crippen MR) is 88.9 cm³/mol. The molecule has 0 saturated carbocycles. The molecule has 140 valence electrons. The van der Waals surface area contributed by atoms with Crippen LogP contribution in [-0.4, -0.2) is 49.8 Å². The maximum absolute atomic E-state index is 12.2. The summed E-state index contributed by atoms with van der Waals surface area (Å²) in [6.07, 6.45) is -2.12. The Kier molecular flexibility index (Phi) is 7.71. The minimum Gasteiger partial charge on any atom is -0.372 e. The van der Waals surface area contributed by atoms with Crippen LogP contribution in [0.4, 0.5) is 13.2 Å². The molecule has 1 aromatic carbocycles. The van der Waals surface area contributed by atoms with Crippen molar-refractivity contribution < 1.29 is 22.7 Å². The third kappa shape index (κ3) is 7.88. The number of nitrogens with one attached hydrogen (secondary N) is 1. The van der Waals surface area contributed by atoms with Crippen molar-refractivity contribution in [1.29, 1.82) is 0 Å². The van der Waals surface area contributed by atoms with Gasteiger partial charge in [0.05, 0.1) is 0 Å². The van der Waals surface area contributed by atoms with Gasteiger partial charge < -0.3 is 15.0 Å². The van der Waals surface area contributed by atoms with E-state index < -0.39 is 12.8 Å². The summed E-state index contributed by atoms with van der Waals surface area (Å²) < 4.78 is 40.5. The summed E-state index contributed by atoms with van der Waals surface area (Å²) in [7, 11) is 0. The molecule has 1 amide bonds. The number of rotatable bonds is 8. The normalized spacial score (nSPS) is 16.8. The third-order valence-electron chi connectivity index (χ3n) is 4.30. The first-order valence-electron chi connectivity index (χ1n) is 8.62. The van der Waals surface area contributed by atoms with E-state index in [1.165, 1.54) is 0 Å². The summed E-state index contributed by atoms with van der Waals surface area (Å²) in [6.45, 7) is 1.76. The van der Waals surface area contributed by atoms with Crippen LogP contribution in [0.15, 0.2) is 30.3 Å². The summed E-state index contributed by atoms with van der Waals surface area (Å²) >= 11 is 0. The molecule has 0 aromatic heterocycles.